The van der Waals surface area contributed by atoms with Crippen LogP contribution in [0.3, 0.4) is 0 Å². The molecule has 2 heterocycles. The summed E-state index contributed by atoms with van der Waals surface area (Å²) in [4.78, 5) is 18.5. The summed E-state index contributed by atoms with van der Waals surface area (Å²) >= 11 is 3.20. The molecular weight excluding hydrogens is 260 g/mol. The van der Waals surface area contributed by atoms with Crippen LogP contribution < -0.4 is 5.56 Å². The van der Waals surface area contributed by atoms with E-state index in [0.717, 1.165) is 5.69 Å². The van der Waals surface area contributed by atoms with Crippen LogP contribution in [0, 0.1) is 0 Å². The van der Waals surface area contributed by atoms with Crippen molar-refractivity contribution in [1.29, 1.82) is 0 Å². The average molecular weight is 269 g/mol. The number of nitrogens with one attached hydrogen (secondary N) is 1. The summed E-state index contributed by atoms with van der Waals surface area (Å²) in [5.41, 5.74) is 0.540. The molecule has 0 amide bonds. The normalized spacial score (nSPS) is 10.5. The molecule has 0 spiro atoms. The Labute approximate surface area is 94.5 Å². The molecule has 5 heteroatoms. The number of aromatic amines is 1. The molecule has 4 nitrogen and oxygen atoms in total. The number of H-pyrrole nitrogens is 1. The van der Waals surface area contributed by atoms with Crippen LogP contribution in [-0.2, 0) is 6.42 Å². The predicted molar refractivity (Wildman–Crippen MR) is 59.6 cm³/mol. The van der Waals surface area contributed by atoms with Crippen molar-refractivity contribution in [1.82, 2.24) is 9.97 Å². The van der Waals surface area contributed by atoms with Crippen molar-refractivity contribution in [3.63, 3.8) is 0 Å². The number of hydrogen-bond donors (Lipinski definition) is 1. The van der Waals surface area contributed by atoms with E-state index < -0.39 is 0 Å². The molecule has 1 N–H and O–H groups in total. The van der Waals surface area contributed by atoms with Gasteiger partial charge in [-0.3, -0.25) is 4.79 Å². The summed E-state index contributed by atoms with van der Waals surface area (Å²) in [6.45, 7) is 1.94. The number of aryl methyl sites for hydroxylation is 1. The lowest BCUT2D eigenvalue weighted by Crippen LogP contribution is -2.13. The maximum absolute atomic E-state index is 11.5. The van der Waals surface area contributed by atoms with E-state index in [2.05, 4.69) is 25.9 Å². The van der Waals surface area contributed by atoms with E-state index in [1.54, 1.807) is 18.4 Å². The molecular formula is C10H9BrN2O2. The van der Waals surface area contributed by atoms with Gasteiger partial charge in [0, 0.05) is 0 Å². The first-order valence-corrected chi connectivity index (χ1v) is 5.34. The third kappa shape index (κ3) is 1.87. The highest BCUT2D eigenvalue weighted by molar-refractivity contribution is 9.10. The first-order chi connectivity index (χ1) is 7.22. The minimum atomic E-state index is -0.187. The number of hydrogen-bond acceptors (Lipinski definition) is 3. The van der Waals surface area contributed by atoms with E-state index in [0.29, 0.717) is 22.5 Å². The van der Waals surface area contributed by atoms with Crippen LogP contribution in [-0.4, -0.2) is 9.97 Å². The Morgan fingerprint density at radius 3 is 3.00 bits per heavy atom. The Bertz CT molecular complexity index is 517. The van der Waals surface area contributed by atoms with Crippen molar-refractivity contribution in [2.75, 3.05) is 0 Å². The molecule has 0 aliphatic rings. The Kier molecular flexibility index (Phi) is 2.73. The highest BCUT2D eigenvalue weighted by Gasteiger charge is 2.09. The highest BCUT2D eigenvalue weighted by atomic mass is 79.9. The van der Waals surface area contributed by atoms with Crippen LogP contribution in [0.5, 0.6) is 0 Å². The summed E-state index contributed by atoms with van der Waals surface area (Å²) in [5.74, 6) is 1.03. The molecule has 0 saturated carbocycles. The largest absolute Gasteiger partial charge is 0.461 e. The first kappa shape index (κ1) is 10.2. The van der Waals surface area contributed by atoms with Gasteiger partial charge in [0.15, 0.2) is 11.6 Å². The molecule has 0 atom stereocenters. The van der Waals surface area contributed by atoms with Crippen molar-refractivity contribution < 1.29 is 4.42 Å². The van der Waals surface area contributed by atoms with E-state index in [1.807, 2.05) is 6.92 Å². The molecule has 0 unspecified atom stereocenters. The van der Waals surface area contributed by atoms with E-state index in [-0.39, 0.29) is 5.56 Å². The molecule has 15 heavy (non-hydrogen) atoms. The Balaban J connectivity index is 2.61. The van der Waals surface area contributed by atoms with Crippen molar-refractivity contribution >= 4 is 15.9 Å². The average Bonchev–Trinajstić information content (AvgIpc) is 2.75. The van der Waals surface area contributed by atoms with Crippen LogP contribution in [0.2, 0.25) is 0 Å². The fraction of sp³-hybridized carbons (Fsp3) is 0.200. The Morgan fingerprint density at radius 2 is 2.40 bits per heavy atom. The van der Waals surface area contributed by atoms with E-state index in [9.17, 15) is 4.79 Å². The molecule has 0 radical (unpaired) electrons. The van der Waals surface area contributed by atoms with Gasteiger partial charge in [-0.05, 0) is 34.5 Å². The van der Waals surface area contributed by atoms with Crippen LogP contribution >= 0.6 is 15.9 Å². The number of nitrogens with zero attached hydrogens (tertiary/aromatic N) is 1. The summed E-state index contributed by atoms with van der Waals surface area (Å²) < 4.78 is 5.65. The highest BCUT2D eigenvalue weighted by Crippen LogP contribution is 2.17. The molecule has 0 aliphatic heterocycles. The standard InChI is InChI=1S/C10H9BrN2O2/c1-2-6-8(11)10(14)13-9(12-6)7-4-3-5-15-7/h3-5H,2H2,1H3,(H,12,13,14). The number of furan rings is 1. The van der Waals surface area contributed by atoms with Gasteiger partial charge < -0.3 is 9.40 Å². The molecule has 0 fully saturated rings. The van der Waals surface area contributed by atoms with Crippen LogP contribution in [0.1, 0.15) is 12.6 Å². The van der Waals surface area contributed by atoms with Gasteiger partial charge in [-0.2, -0.15) is 0 Å². The monoisotopic (exact) mass is 268 g/mol. The number of aromatic nitrogens is 2. The lowest BCUT2D eigenvalue weighted by Gasteiger charge is -2.02. The predicted octanol–water partition coefficient (Wildman–Crippen LogP) is 2.35. The zero-order chi connectivity index (χ0) is 10.8. The van der Waals surface area contributed by atoms with Gasteiger partial charge in [-0.1, -0.05) is 6.92 Å². The third-order valence-corrected chi connectivity index (χ3v) is 2.84. The van der Waals surface area contributed by atoms with Crippen LogP contribution in [0.15, 0.2) is 32.1 Å². The number of halogens is 1. The van der Waals surface area contributed by atoms with Gasteiger partial charge in [-0.15, -0.1) is 0 Å². The third-order valence-electron chi connectivity index (χ3n) is 2.02. The second kappa shape index (κ2) is 4.02. The molecule has 2 aromatic rings. The minimum absolute atomic E-state index is 0.187. The van der Waals surface area contributed by atoms with Gasteiger partial charge in [0.05, 0.1) is 12.0 Å². The zero-order valence-electron chi connectivity index (χ0n) is 8.08. The topological polar surface area (TPSA) is 58.9 Å². The summed E-state index contributed by atoms with van der Waals surface area (Å²) in [7, 11) is 0. The van der Waals surface area contributed by atoms with Gasteiger partial charge in [0.1, 0.15) is 4.47 Å². The fourth-order valence-corrected chi connectivity index (χ4v) is 1.74. The molecule has 0 bridgehead atoms. The van der Waals surface area contributed by atoms with E-state index in [1.165, 1.54) is 0 Å². The molecule has 0 aliphatic carbocycles. The first-order valence-electron chi connectivity index (χ1n) is 4.55. The summed E-state index contributed by atoms with van der Waals surface area (Å²) in [5, 5.41) is 0. The van der Waals surface area contributed by atoms with Crippen molar-refractivity contribution in [3.05, 3.63) is 38.9 Å². The summed E-state index contributed by atoms with van der Waals surface area (Å²) in [6.07, 6.45) is 2.24. The molecule has 2 rings (SSSR count). The lowest BCUT2D eigenvalue weighted by molar-refractivity contribution is 0.576. The maximum Gasteiger partial charge on any atom is 0.265 e. The lowest BCUT2D eigenvalue weighted by atomic mass is 10.3. The van der Waals surface area contributed by atoms with E-state index >= 15 is 0 Å². The van der Waals surface area contributed by atoms with Crippen LogP contribution in [0.25, 0.3) is 11.6 Å². The Hall–Kier alpha value is -1.36. The minimum Gasteiger partial charge on any atom is -0.461 e. The second-order valence-electron chi connectivity index (χ2n) is 3.01. The fourth-order valence-electron chi connectivity index (χ4n) is 1.27. The SMILES string of the molecule is CCc1nc(-c2ccco2)[nH]c(=O)c1Br. The van der Waals surface area contributed by atoms with Crippen molar-refractivity contribution in [2.24, 2.45) is 0 Å². The van der Waals surface area contributed by atoms with Crippen LogP contribution in [0.4, 0.5) is 0 Å². The van der Waals surface area contributed by atoms with Gasteiger partial charge >= 0.3 is 0 Å². The Morgan fingerprint density at radius 1 is 1.60 bits per heavy atom. The molecule has 2 aromatic heterocycles. The maximum atomic E-state index is 11.5. The summed E-state index contributed by atoms with van der Waals surface area (Å²) in [6, 6.07) is 3.51. The number of rotatable bonds is 2. The molecule has 0 saturated heterocycles. The quantitative estimate of drug-likeness (QED) is 0.910. The van der Waals surface area contributed by atoms with E-state index in [4.69, 9.17) is 4.42 Å². The smallest absolute Gasteiger partial charge is 0.265 e. The van der Waals surface area contributed by atoms with Crippen molar-refractivity contribution in [3.8, 4) is 11.6 Å². The second-order valence-corrected chi connectivity index (χ2v) is 3.80. The molecule has 78 valence electrons. The van der Waals surface area contributed by atoms with Gasteiger partial charge in [0.2, 0.25) is 0 Å². The zero-order valence-corrected chi connectivity index (χ0v) is 9.67. The van der Waals surface area contributed by atoms with Gasteiger partial charge in [-0.25, -0.2) is 4.98 Å². The molecule has 0 aromatic carbocycles. The van der Waals surface area contributed by atoms with Gasteiger partial charge in [0.25, 0.3) is 5.56 Å². The van der Waals surface area contributed by atoms with Crippen molar-refractivity contribution in [2.45, 2.75) is 13.3 Å².